The fraction of sp³-hybridized carbons (Fsp3) is 0.300. The van der Waals surface area contributed by atoms with Gasteiger partial charge >= 0.3 is 5.97 Å². The molecule has 0 saturated heterocycles. The molecule has 0 amide bonds. The molecule has 1 saturated carbocycles. The van der Waals surface area contributed by atoms with Gasteiger partial charge < -0.3 is 14.8 Å². The van der Waals surface area contributed by atoms with Crippen LogP contribution in [0.5, 0.6) is 5.75 Å². The molecule has 0 bridgehead atoms. The number of benzene rings is 2. The molecule has 2 aromatic carbocycles. The van der Waals surface area contributed by atoms with Crippen molar-refractivity contribution in [1.29, 1.82) is 0 Å². The number of rotatable bonds is 9. The summed E-state index contributed by atoms with van der Waals surface area (Å²) in [5.41, 5.74) is 0.576. The van der Waals surface area contributed by atoms with E-state index in [1.54, 1.807) is 24.3 Å². The van der Waals surface area contributed by atoms with Gasteiger partial charge in [-0.25, -0.2) is 4.79 Å². The summed E-state index contributed by atoms with van der Waals surface area (Å²) in [6.45, 7) is 1.92. The number of carbonyl (C=O) groups is 2. The Balaban J connectivity index is 1.62. The van der Waals surface area contributed by atoms with E-state index in [0.717, 1.165) is 18.9 Å². The lowest BCUT2D eigenvalue weighted by Crippen LogP contribution is -2.15. The number of ketones is 1. The number of nitro benzene ring substituents is 1. The first-order chi connectivity index (χ1) is 13.5. The van der Waals surface area contributed by atoms with Crippen LogP contribution in [0.4, 0.5) is 11.4 Å². The Kier molecular flexibility index (Phi) is 5.88. The fourth-order valence-electron chi connectivity index (χ4n) is 2.58. The zero-order valence-electron chi connectivity index (χ0n) is 15.3. The first-order valence-corrected chi connectivity index (χ1v) is 8.96. The third-order valence-electron chi connectivity index (χ3n) is 4.19. The molecule has 146 valence electrons. The van der Waals surface area contributed by atoms with Gasteiger partial charge in [0.1, 0.15) is 11.4 Å². The Morgan fingerprint density at radius 2 is 1.82 bits per heavy atom. The van der Waals surface area contributed by atoms with Crippen LogP contribution in [0.1, 0.15) is 40.5 Å². The van der Waals surface area contributed by atoms with Crippen molar-refractivity contribution in [2.75, 3.05) is 18.5 Å². The van der Waals surface area contributed by atoms with Gasteiger partial charge in [0.15, 0.2) is 12.4 Å². The minimum absolute atomic E-state index is 0.0209. The molecule has 2 aromatic rings. The van der Waals surface area contributed by atoms with Crippen LogP contribution >= 0.6 is 0 Å². The van der Waals surface area contributed by atoms with E-state index >= 15 is 0 Å². The number of Topliss-reactive ketones (excluding diaryl/α,β-unsaturated/α-hetero) is 1. The summed E-state index contributed by atoms with van der Waals surface area (Å²) in [5, 5.41) is 14.3. The first kappa shape index (κ1) is 19.3. The van der Waals surface area contributed by atoms with E-state index < -0.39 is 17.5 Å². The van der Waals surface area contributed by atoms with Crippen molar-refractivity contribution >= 4 is 23.1 Å². The summed E-state index contributed by atoms with van der Waals surface area (Å²) in [4.78, 5) is 35.1. The van der Waals surface area contributed by atoms with Crippen LogP contribution in [-0.4, -0.2) is 35.9 Å². The lowest BCUT2D eigenvalue weighted by Gasteiger charge is -2.08. The Morgan fingerprint density at radius 3 is 2.43 bits per heavy atom. The number of nitrogens with zero attached hydrogens (tertiary/aromatic N) is 1. The van der Waals surface area contributed by atoms with Crippen LogP contribution < -0.4 is 10.1 Å². The van der Waals surface area contributed by atoms with E-state index in [4.69, 9.17) is 9.47 Å². The second kappa shape index (κ2) is 8.51. The molecule has 3 rings (SSSR count). The van der Waals surface area contributed by atoms with E-state index in [9.17, 15) is 19.7 Å². The lowest BCUT2D eigenvalue weighted by molar-refractivity contribution is -0.384. The number of hydrogen-bond donors (Lipinski definition) is 1. The van der Waals surface area contributed by atoms with E-state index in [1.807, 2.05) is 6.92 Å². The van der Waals surface area contributed by atoms with Gasteiger partial charge in [0, 0.05) is 17.7 Å². The zero-order valence-corrected chi connectivity index (χ0v) is 15.3. The molecule has 1 aliphatic rings. The van der Waals surface area contributed by atoms with Gasteiger partial charge in [-0.3, -0.25) is 14.9 Å². The molecular weight excluding hydrogens is 364 g/mol. The predicted molar refractivity (Wildman–Crippen MR) is 102 cm³/mol. The molecule has 0 atom stereocenters. The highest BCUT2D eigenvalue weighted by Crippen LogP contribution is 2.31. The number of hydrogen-bond acceptors (Lipinski definition) is 7. The molecule has 8 heteroatoms. The van der Waals surface area contributed by atoms with Crippen molar-refractivity contribution in [3.63, 3.8) is 0 Å². The third-order valence-corrected chi connectivity index (χ3v) is 4.19. The monoisotopic (exact) mass is 384 g/mol. The summed E-state index contributed by atoms with van der Waals surface area (Å²) in [6, 6.07) is 10.8. The quantitative estimate of drug-likeness (QED) is 0.304. The van der Waals surface area contributed by atoms with E-state index in [0.29, 0.717) is 23.6 Å². The second-order valence-electron chi connectivity index (χ2n) is 6.36. The smallest absolute Gasteiger partial charge is 0.338 e. The maximum atomic E-state index is 12.2. The molecule has 0 aliphatic heterocycles. The number of carbonyl (C=O) groups excluding carboxylic acids is 2. The highest BCUT2D eigenvalue weighted by Gasteiger charge is 2.26. The SMILES string of the molecule is CCOc1ccc(C(=O)COC(=O)c2ccc(NC3CC3)c([N+](=O)[O-])c2)cc1. The van der Waals surface area contributed by atoms with Crippen molar-refractivity contribution in [1.82, 2.24) is 0 Å². The predicted octanol–water partition coefficient (Wildman–Crippen LogP) is 3.61. The molecule has 8 nitrogen and oxygen atoms in total. The average molecular weight is 384 g/mol. The number of nitro groups is 1. The summed E-state index contributed by atoms with van der Waals surface area (Å²) >= 11 is 0. The van der Waals surface area contributed by atoms with Crippen molar-refractivity contribution in [3.8, 4) is 5.75 Å². The fourth-order valence-corrected chi connectivity index (χ4v) is 2.58. The summed E-state index contributed by atoms with van der Waals surface area (Å²) < 4.78 is 10.3. The maximum Gasteiger partial charge on any atom is 0.338 e. The van der Waals surface area contributed by atoms with Crippen molar-refractivity contribution in [3.05, 3.63) is 63.7 Å². The van der Waals surface area contributed by atoms with E-state index in [1.165, 1.54) is 12.1 Å². The van der Waals surface area contributed by atoms with Crippen LogP contribution in [-0.2, 0) is 4.74 Å². The second-order valence-corrected chi connectivity index (χ2v) is 6.36. The minimum Gasteiger partial charge on any atom is -0.494 e. The van der Waals surface area contributed by atoms with E-state index in [-0.39, 0.29) is 23.1 Å². The molecule has 0 unspecified atom stereocenters. The number of ether oxygens (including phenoxy) is 2. The standard InChI is InChI=1S/C20H20N2O6/c1-2-27-16-8-3-13(4-9-16)19(23)12-28-20(24)14-5-10-17(21-15-6-7-15)18(11-14)22(25)26/h3-5,8-11,15,21H,2,6-7,12H2,1H3. The van der Waals surface area contributed by atoms with Crippen molar-refractivity contribution in [2.24, 2.45) is 0 Å². The number of esters is 1. The van der Waals surface area contributed by atoms with Crippen LogP contribution in [0.2, 0.25) is 0 Å². The normalized spacial score (nSPS) is 12.9. The van der Waals surface area contributed by atoms with Gasteiger partial charge in [0.05, 0.1) is 17.1 Å². The van der Waals surface area contributed by atoms with Crippen LogP contribution in [0.3, 0.4) is 0 Å². The van der Waals surface area contributed by atoms with Crippen LogP contribution in [0.15, 0.2) is 42.5 Å². The summed E-state index contributed by atoms with van der Waals surface area (Å²) in [5.74, 6) is -0.526. The van der Waals surface area contributed by atoms with Gasteiger partial charge in [0.2, 0.25) is 0 Å². The van der Waals surface area contributed by atoms with Crippen LogP contribution in [0.25, 0.3) is 0 Å². The third kappa shape index (κ3) is 4.85. The average Bonchev–Trinajstić information content (AvgIpc) is 3.51. The molecule has 0 radical (unpaired) electrons. The molecule has 1 fully saturated rings. The molecular formula is C20H20N2O6. The van der Waals surface area contributed by atoms with Crippen molar-refractivity contribution in [2.45, 2.75) is 25.8 Å². The maximum absolute atomic E-state index is 12.2. The Hall–Kier alpha value is -3.42. The van der Waals surface area contributed by atoms with E-state index in [2.05, 4.69) is 5.32 Å². The van der Waals surface area contributed by atoms with Gasteiger partial charge in [0.25, 0.3) is 5.69 Å². The van der Waals surface area contributed by atoms with Gasteiger partial charge in [-0.2, -0.15) is 0 Å². The van der Waals surface area contributed by atoms with Gasteiger partial charge in [-0.1, -0.05) is 0 Å². The zero-order chi connectivity index (χ0) is 20.1. The summed E-state index contributed by atoms with van der Waals surface area (Å²) in [6.07, 6.45) is 1.93. The Morgan fingerprint density at radius 1 is 1.14 bits per heavy atom. The largest absolute Gasteiger partial charge is 0.494 e. The highest BCUT2D eigenvalue weighted by molar-refractivity contribution is 5.99. The molecule has 28 heavy (non-hydrogen) atoms. The highest BCUT2D eigenvalue weighted by atomic mass is 16.6. The topological polar surface area (TPSA) is 108 Å². The van der Waals surface area contributed by atoms with Gasteiger partial charge in [-0.15, -0.1) is 0 Å². The number of nitrogens with one attached hydrogen (secondary N) is 1. The Labute approximate surface area is 161 Å². The van der Waals surface area contributed by atoms with Gasteiger partial charge in [-0.05, 0) is 56.2 Å². The molecule has 0 aromatic heterocycles. The first-order valence-electron chi connectivity index (χ1n) is 8.96. The van der Waals surface area contributed by atoms with Crippen molar-refractivity contribution < 1.29 is 24.0 Å². The lowest BCUT2D eigenvalue weighted by atomic mass is 10.1. The van der Waals surface area contributed by atoms with Crippen LogP contribution in [0, 0.1) is 10.1 Å². The number of anilines is 1. The minimum atomic E-state index is -0.791. The molecule has 1 aliphatic carbocycles. The molecule has 0 spiro atoms. The summed E-state index contributed by atoms with van der Waals surface area (Å²) in [7, 11) is 0. The molecule has 1 N–H and O–H groups in total. The Bertz CT molecular complexity index is 890. The molecule has 0 heterocycles.